The van der Waals surface area contributed by atoms with Gasteiger partial charge in [0, 0.05) is 6.16 Å². The molecule has 0 aromatic heterocycles. The first-order chi connectivity index (χ1) is 7.79. The molecule has 1 unspecified atom stereocenters. The third-order valence-corrected chi connectivity index (χ3v) is 4.40. The second kappa shape index (κ2) is 7.88. The smallest absolute Gasteiger partial charge is 0.315 e. The van der Waals surface area contributed by atoms with Crippen LogP contribution in [0.5, 0.6) is 0 Å². The first-order valence-corrected chi connectivity index (χ1v) is 8.16. The Morgan fingerprint density at radius 1 is 1.12 bits per heavy atom. The third kappa shape index (κ3) is 8.39. The number of rotatable bonds is 8. The van der Waals surface area contributed by atoms with Crippen LogP contribution < -0.4 is 0 Å². The van der Waals surface area contributed by atoms with Gasteiger partial charge in [-0.25, -0.2) is 0 Å². The number of esters is 1. The van der Waals surface area contributed by atoms with Crippen molar-refractivity contribution in [1.29, 1.82) is 0 Å². The summed E-state index contributed by atoms with van der Waals surface area (Å²) in [5, 5.41) is 0. The minimum atomic E-state index is -2.84. The summed E-state index contributed by atoms with van der Waals surface area (Å²) in [6.45, 7) is 10.4. The molecular weight excluding hydrogens is 239 g/mol. The summed E-state index contributed by atoms with van der Waals surface area (Å²) in [7, 11) is -2.84. The van der Waals surface area contributed by atoms with Gasteiger partial charge in [0.05, 0.1) is 13.2 Å². The van der Waals surface area contributed by atoms with E-state index < -0.39 is 13.3 Å². The highest BCUT2D eigenvalue weighted by molar-refractivity contribution is 7.59. The number of ether oxygens (including phenoxy) is 1. The van der Waals surface area contributed by atoms with E-state index in [0.717, 1.165) is 0 Å². The van der Waals surface area contributed by atoms with Gasteiger partial charge in [0.2, 0.25) is 7.37 Å². The van der Waals surface area contributed by atoms with E-state index >= 15 is 0 Å². The molecular formula is C12H25O4P. The van der Waals surface area contributed by atoms with Crippen LogP contribution in [-0.2, 0) is 18.6 Å². The Morgan fingerprint density at radius 3 is 2.06 bits per heavy atom. The van der Waals surface area contributed by atoms with Crippen LogP contribution in [0.3, 0.4) is 0 Å². The highest BCUT2D eigenvalue weighted by Crippen LogP contribution is 2.46. The van der Waals surface area contributed by atoms with Crippen molar-refractivity contribution in [2.75, 3.05) is 25.5 Å². The summed E-state index contributed by atoms with van der Waals surface area (Å²) in [4.78, 5) is 11.5. The van der Waals surface area contributed by atoms with Crippen molar-refractivity contribution in [2.45, 2.75) is 34.6 Å². The minimum Gasteiger partial charge on any atom is -0.465 e. The lowest BCUT2D eigenvalue weighted by Crippen LogP contribution is -2.16. The number of hydrogen-bond donors (Lipinski definition) is 0. The molecule has 0 fully saturated rings. The fourth-order valence-corrected chi connectivity index (χ4v) is 2.59. The van der Waals surface area contributed by atoms with Crippen LogP contribution in [0.25, 0.3) is 0 Å². The second-order valence-electron chi connectivity index (χ2n) is 5.06. The van der Waals surface area contributed by atoms with E-state index in [1.54, 1.807) is 6.92 Å². The molecule has 0 N–H and O–H groups in total. The summed E-state index contributed by atoms with van der Waals surface area (Å²) in [5.74, 6) is 0.172. The van der Waals surface area contributed by atoms with Gasteiger partial charge in [-0.2, -0.15) is 0 Å². The van der Waals surface area contributed by atoms with Crippen molar-refractivity contribution >= 4 is 13.3 Å². The van der Waals surface area contributed by atoms with Crippen LogP contribution in [0.4, 0.5) is 0 Å². The van der Waals surface area contributed by atoms with Crippen LogP contribution in [0.2, 0.25) is 0 Å². The topological polar surface area (TPSA) is 52.6 Å². The van der Waals surface area contributed by atoms with Gasteiger partial charge in [-0.15, -0.1) is 0 Å². The molecule has 17 heavy (non-hydrogen) atoms. The molecule has 0 amide bonds. The Bertz CT molecular complexity index is 274. The molecule has 0 aliphatic heterocycles. The van der Waals surface area contributed by atoms with E-state index in [1.807, 2.05) is 27.7 Å². The van der Waals surface area contributed by atoms with Crippen molar-refractivity contribution in [2.24, 2.45) is 11.8 Å². The van der Waals surface area contributed by atoms with Gasteiger partial charge in [-0.05, 0) is 11.8 Å². The van der Waals surface area contributed by atoms with Gasteiger partial charge >= 0.3 is 5.97 Å². The summed E-state index contributed by atoms with van der Waals surface area (Å²) in [6, 6.07) is 0. The fourth-order valence-electron chi connectivity index (χ4n) is 1.04. The summed E-state index contributed by atoms with van der Waals surface area (Å²) in [5.41, 5.74) is 0. The molecule has 5 heteroatoms. The van der Waals surface area contributed by atoms with Crippen LogP contribution in [0, 0.1) is 11.8 Å². The van der Waals surface area contributed by atoms with E-state index in [-0.39, 0.29) is 12.1 Å². The zero-order valence-electron chi connectivity index (χ0n) is 11.6. The molecule has 0 rings (SSSR count). The molecule has 0 spiro atoms. The van der Waals surface area contributed by atoms with Crippen molar-refractivity contribution in [3.63, 3.8) is 0 Å². The van der Waals surface area contributed by atoms with E-state index in [2.05, 4.69) is 0 Å². The average molecular weight is 264 g/mol. The Morgan fingerprint density at radius 2 is 1.65 bits per heavy atom. The van der Waals surface area contributed by atoms with Crippen molar-refractivity contribution < 1.29 is 18.6 Å². The van der Waals surface area contributed by atoms with Crippen LogP contribution in [-0.4, -0.2) is 31.5 Å². The Balaban J connectivity index is 4.18. The highest BCUT2D eigenvalue weighted by Gasteiger charge is 2.26. The molecule has 0 saturated heterocycles. The minimum absolute atomic E-state index is 0.108. The molecule has 0 aromatic carbocycles. The molecule has 0 aliphatic rings. The zero-order chi connectivity index (χ0) is 13.5. The van der Waals surface area contributed by atoms with Crippen molar-refractivity contribution in [3.05, 3.63) is 0 Å². The van der Waals surface area contributed by atoms with Crippen molar-refractivity contribution in [1.82, 2.24) is 0 Å². The van der Waals surface area contributed by atoms with Gasteiger partial charge in [-0.1, -0.05) is 34.6 Å². The number of carbonyl (C=O) groups is 1. The lowest BCUT2D eigenvalue weighted by Gasteiger charge is -2.18. The Hall–Kier alpha value is -0.340. The Labute approximate surface area is 105 Å². The lowest BCUT2D eigenvalue weighted by molar-refractivity contribution is -0.141. The van der Waals surface area contributed by atoms with Crippen molar-refractivity contribution in [3.8, 4) is 0 Å². The lowest BCUT2D eigenvalue weighted by atomic mass is 10.2. The average Bonchev–Trinajstić information content (AvgIpc) is 2.24. The predicted molar refractivity (Wildman–Crippen MR) is 69.6 cm³/mol. The second-order valence-corrected chi connectivity index (χ2v) is 7.89. The standard InChI is InChI=1S/C12H25O4P/c1-6-17(14,16-8-11(4)5)9-12(13)15-7-10(2)3/h10-11H,6-9H2,1-5H3. The number of carbonyl (C=O) groups excluding carboxylic acids is 1. The number of hydrogen-bond acceptors (Lipinski definition) is 4. The van der Waals surface area contributed by atoms with Gasteiger partial charge in [0.15, 0.2) is 0 Å². The van der Waals surface area contributed by atoms with Gasteiger partial charge in [0.1, 0.15) is 6.16 Å². The maximum absolute atomic E-state index is 12.2. The van der Waals surface area contributed by atoms with Gasteiger partial charge in [-0.3, -0.25) is 9.36 Å². The molecule has 0 radical (unpaired) electrons. The Kier molecular flexibility index (Phi) is 7.73. The first-order valence-electron chi connectivity index (χ1n) is 6.17. The first kappa shape index (κ1) is 16.7. The monoisotopic (exact) mass is 264 g/mol. The van der Waals surface area contributed by atoms with E-state index in [9.17, 15) is 9.36 Å². The zero-order valence-corrected chi connectivity index (χ0v) is 12.5. The van der Waals surface area contributed by atoms with Crippen LogP contribution in [0.15, 0.2) is 0 Å². The SMILES string of the molecule is CCP(=O)(CC(=O)OCC(C)C)OCC(C)C. The highest BCUT2D eigenvalue weighted by atomic mass is 31.2. The van der Waals surface area contributed by atoms with Gasteiger partial charge in [0.25, 0.3) is 0 Å². The van der Waals surface area contributed by atoms with E-state index in [0.29, 0.717) is 25.3 Å². The molecule has 4 nitrogen and oxygen atoms in total. The summed E-state index contributed by atoms with van der Waals surface area (Å²) in [6.07, 6.45) is 0.263. The fraction of sp³-hybridized carbons (Fsp3) is 0.917. The normalized spacial score (nSPS) is 15.0. The molecule has 0 aliphatic carbocycles. The van der Waals surface area contributed by atoms with E-state index in [4.69, 9.17) is 9.26 Å². The molecule has 0 bridgehead atoms. The van der Waals surface area contributed by atoms with Crippen LogP contribution >= 0.6 is 7.37 Å². The largest absolute Gasteiger partial charge is 0.465 e. The quantitative estimate of drug-likeness (QED) is 0.499. The van der Waals surface area contributed by atoms with Gasteiger partial charge < -0.3 is 9.26 Å². The predicted octanol–water partition coefficient (Wildman–Crippen LogP) is 3.16. The van der Waals surface area contributed by atoms with Crippen LogP contribution in [0.1, 0.15) is 34.6 Å². The molecule has 0 saturated carbocycles. The maximum Gasteiger partial charge on any atom is 0.315 e. The molecule has 0 heterocycles. The third-order valence-electron chi connectivity index (χ3n) is 2.07. The molecule has 1 atom stereocenters. The maximum atomic E-state index is 12.2. The summed E-state index contributed by atoms with van der Waals surface area (Å²) < 4.78 is 22.6. The summed E-state index contributed by atoms with van der Waals surface area (Å²) >= 11 is 0. The molecule has 0 aromatic rings. The molecule has 102 valence electrons. The van der Waals surface area contributed by atoms with E-state index in [1.165, 1.54) is 0 Å².